The van der Waals surface area contributed by atoms with Crippen molar-refractivity contribution in [2.24, 2.45) is 0 Å². The molecule has 0 spiro atoms. The Bertz CT molecular complexity index is 404. The van der Waals surface area contributed by atoms with Crippen LogP contribution in [0.4, 0.5) is 13.2 Å². The maximum Gasteiger partial charge on any atom is 0.411 e. The fraction of sp³-hybridized carbons (Fsp3) is 0.571. The van der Waals surface area contributed by atoms with Crippen LogP contribution in [0.2, 0.25) is 0 Å². The number of hydrogen-bond acceptors (Lipinski definition) is 2. The highest BCUT2D eigenvalue weighted by atomic mass is 19.4. The number of hydrogen-bond donors (Lipinski definition) is 1. The van der Waals surface area contributed by atoms with Crippen molar-refractivity contribution in [3.63, 3.8) is 0 Å². The molecule has 1 aromatic carbocycles. The number of halogens is 3. The van der Waals surface area contributed by atoms with Crippen LogP contribution < -0.4 is 5.32 Å². The van der Waals surface area contributed by atoms with E-state index in [9.17, 15) is 13.2 Å². The molecule has 0 amide bonds. The summed E-state index contributed by atoms with van der Waals surface area (Å²) in [6.45, 7) is 2.94. The van der Waals surface area contributed by atoms with Crippen LogP contribution in [-0.2, 0) is 4.74 Å². The van der Waals surface area contributed by atoms with Gasteiger partial charge in [-0.25, -0.2) is 0 Å². The van der Waals surface area contributed by atoms with Gasteiger partial charge >= 0.3 is 6.18 Å². The van der Waals surface area contributed by atoms with Crippen LogP contribution >= 0.6 is 0 Å². The minimum atomic E-state index is -4.26. The first-order chi connectivity index (χ1) is 8.85. The first-order valence-corrected chi connectivity index (χ1v) is 6.23. The molecule has 19 heavy (non-hydrogen) atoms. The van der Waals surface area contributed by atoms with Gasteiger partial charge in [-0.15, -0.1) is 0 Å². The quantitative estimate of drug-likeness (QED) is 0.802. The number of aryl methyl sites for hydroxylation is 1. The van der Waals surface area contributed by atoms with Crippen LogP contribution in [0.1, 0.15) is 29.2 Å². The number of ether oxygens (including phenoxy) is 1. The third-order valence-corrected chi connectivity index (χ3v) is 3.19. The summed E-state index contributed by atoms with van der Waals surface area (Å²) in [5, 5.41) is 3.12. The predicted octanol–water partition coefficient (Wildman–Crippen LogP) is 3.53. The fourth-order valence-electron chi connectivity index (χ4n) is 2.00. The Hall–Kier alpha value is -1.07. The summed E-state index contributed by atoms with van der Waals surface area (Å²) >= 11 is 0. The van der Waals surface area contributed by atoms with Crippen molar-refractivity contribution in [2.75, 3.05) is 20.3 Å². The van der Waals surface area contributed by atoms with Crippen LogP contribution in [0.25, 0.3) is 0 Å². The molecule has 2 nitrogen and oxygen atoms in total. The molecular formula is C14H20F3NO. The van der Waals surface area contributed by atoms with Gasteiger partial charge in [-0.1, -0.05) is 18.2 Å². The molecule has 5 heteroatoms. The van der Waals surface area contributed by atoms with Crippen molar-refractivity contribution in [1.29, 1.82) is 0 Å². The van der Waals surface area contributed by atoms with E-state index in [1.54, 1.807) is 7.05 Å². The lowest BCUT2D eigenvalue weighted by molar-refractivity contribution is -0.174. The molecule has 0 aliphatic heterocycles. The van der Waals surface area contributed by atoms with Gasteiger partial charge < -0.3 is 10.1 Å². The van der Waals surface area contributed by atoms with Crippen molar-refractivity contribution < 1.29 is 17.9 Å². The number of rotatable bonds is 6. The normalized spacial score (nSPS) is 13.6. The summed E-state index contributed by atoms with van der Waals surface area (Å²) in [5.41, 5.74) is 3.45. The van der Waals surface area contributed by atoms with Gasteiger partial charge in [0, 0.05) is 12.6 Å². The summed E-state index contributed by atoms with van der Waals surface area (Å²) in [5.74, 6) is 0. The summed E-state index contributed by atoms with van der Waals surface area (Å²) in [4.78, 5) is 0. The molecule has 0 aromatic heterocycles. The second kappa shape index (κ2) is 6.91. The van der Waals surface area contributed by atoms with Crippen molar-refractivity contribution in [2.45, 2.75) is 32.5 Å². The van der Waals surface area contributed by atoms with E-state index in [0.29, 0.717) is 6.42 Å². The third-order valence-electron chi connectivity index (χ3n) is 3.19. The lowest BCUT2D eigenvalue weighted by Gasteiger charge is -2.20. The minimum Gasteiger partial charge on any atom is -0.372 e. The van der Waals surface area contributed by atoms with E-state index < -0.39 is 12.8 Å². The Labute approximate surface area is 112 Å². The van der Waals surface area contributed by atoms with Crippen molar-refractivity contribution >= 4 is 0 Å². The number of alkyl halides is 3. The van der Waals surface area contributed by atoms with Crippen LogP contribution in [0, 0.1) is 13.8 Å². The minimum absolute atomic E-state index is 0.00753. The van der Waals surface area contributed by atoms with E-state index in [0.717, 1.165) is 11.1 Å². The standard InChI is InChI=1S/C14H20F3NO/c1-10-5-4-6-12(11(10)2)13(18-3)7-8-19-9-14(15,16)17/h4-6,13,18H,7-9H2,1-3H3. The van der Waals surface area contributed by atoms with Gasteiger partial charge in [0.15, 0.2) is 0 Å². The molecule has 1 rings (SSSR count). The molecule has 0 aliphatic rings. The van der Waals surface area contributed by atoms with Gasteiger partial charge in [0.1, 0.15) is 6.61 Å². The maximum absolute atomic E-state index is 12.0. The second-order valence-corrected chi connectivity index (χ2v) is 4.59. The molecule has 108 valence electrons. The Morgan fingerprint density at radius 1 is 1.26 bits per heavy atom. The predicted molar refractivity (Wildman–Crippen MR) is 69.2 cm³/mol. The van der Waals surface area contributed by atoms with Crippen LogP contribution in [-0.4, -0.2) is 26.4 Å². The SMILES string of the molecule is CNC(CCOCC(F)(F)F)c1cccc(C)c1C. The Balaban J connectivity index is 2.56. The average molecular weight is 275 g/mol. The van der Waals surface area contributed by atoms with Crippen molar-refractivity contribution in [3.05, 3.63) is 34.9 Å². The van der Waals surface area contributed by atoms with Crippen LogP contribution in [0.15, 0.2) is 18.2 Å². The topological polar surface area (TPSA) is 21.3 Å². The van der Waals surface area contributed by atoms with E-state index in [1.165, 1.54) is 5.56 Å². The summed E-state index contributed by atoms with van der Waals surface area (Å²) in [6, 6.07) is 5.98. The van der Waals surface area contributed by atoms with E-state index in [4.69, 9.17) is 0 Å². The highest BCUT2D eigenvalue weighted by Gasteiger charge is 2.27. The molecule has 0 saturated carbocycles. The molecular weight excluding hydrogens is 255 g/mol. The van der Waals surface area contributed by atoms with E-state index >= 15 is 0 Å². The Morgan fingerprint density at radius 3 is 2.53 bits per heavy atom. The number of nitrogens with one attached hydrogen (secondary N) is 1. The van der Waals surface area contributed by atoms with Crippen LogP contribution in [0.3, 0.4) is 0 Å². The summed E-state index contributed by atoms with van der Waals surface area (Å²) in [6.07, 6.45) is -3.74. The molecule has 1 N–H and O–H groups in total. The van der Waals surface area contributed by atoms with Gasteiger partial charge in [-0.3, -0.25) is 0 Å². The fourth-order valence-corrected chi connectivity index (χ4v) is 2.00. The molecule has 0 saturated heterocycles. The first kappa shape index (κ1) is 16.0. The molecule has 1 atom stereocenters. The lowest BCUT2D eigenvalue weighted by atomic mass is 9.96. The Morgan fingerprint density at radius 2 is 1.95 bits per heavy atom. The third kappa shape index (κ3) is 5.20. The highest BCUT2D eigenvalue weighted by molar-refractivity contribution is 5.35. The molecule has 1 unspecified atom stereocenters. The maximum atomic E-state index is 12.0. The molecule has 0 fully saturated rings. The summed E-state index contributed by atoms with van der Waals surface area (Å²) in [7, 11) is 1.80. The molecule has 0 bridgehead atoms. The van der Waals surface area contributed by atoms with Crippen LogP contribution in [0.5, 0.6) is 0 Å². The monoisotopic (exact) mass is 275 g/mol. The van der Waals surface area contributed by atoms with Crippen molar-refractivity contribution in [1.82, 2.24) is 5.32 Å². The van der Waals surface area contributed by atoms with Gasteiger partial charge in [-0.05, 0) is 44.0 Å². The molecule has 0 heterocycles. The zero-order chi connectivity index (χ0) is 14.5. The zero-order valence-electron chi connectivity index (χ0n) is 11.5. The first-order valence-electron chi connectivity index (χ1n) is 6.23. The molecule has 0 radical (unpaired) electrons. The van der Waals surface area contributed by atoms with E-state index in [2.05, 4.69) is 10.1 Å². The van der Waals surface area contributed by atoms with E-state index in [1.807, 2.05) is 32.0 Å². The largest absolute Gasteiger partial charge is 0.411 e. The Kier molecular flexibility index (Phi) is 5.82. The van der Waals surface area contributed by atoms with Crippen molar-refractivity contribution in [3.8, 4) is 0 Å². The molecule has 1 aromatic rings. The molecule has 0 aliphatic carbocycles. The smallest absolute Gasteiger partial charge is 0.372 e. The van der Waals surface area contributed by atoms with Gasteiger partial charge in [0.2, 0.25) is 0 Å². The lowest BCUT2D eigenvalue weighted by Crippen LogP contribution is -2.22. The van der Waals surface area contributed by atoms with Gasteiger partial charge in [-0.2, -0.15) is 13.2 Å². The zero-order valence-corrected chi connectivity index (χ0v) is 11.5. The highest BCUT2D eigenvalue weighted by Crippen LogP contribution is 2.23. The summed E-state index contributed by atoms with van der Waals surface area (Å²) < 4.78 is 40.5. The average Bonchev–Trinajstić information content (AvgIpc) is 2.32. The second-order valence-electron chi connectivity index (χ2n) is 4.59. The van der Waals surface area contributed by atoms with E-state index in [-0.39, 0.29) is 12.6 Å². The van der Waals surface area contributed by atoms with Gasteiger partial charge in [0.05, 0.1) is 0 Å². The van der Waals surface area contributed by atoms with Gasteiger partial charge in [0.25, 0.3) is 0 Å². The number of benzene rings is 1.